The molecule has 8 heteroatoms. The first-order valence-corrected chi connectivity index (χ1v) is 12.3. The topological polar surface area (TPSA) is 112 Å². The molecule has 8 nitrogen and oxygen atoms in total. The smallest absolute Gasteiger partial charge is 0.303 e. The van der Waals surface area contributed by atoms with Gasteiger partial charge in [-0.25, -0.2) is 5.01 Å². The second kappa shape index (κ2) is 10.3. The Morgan fingerprint density at radius 3 is 2.45 bits per heavy atom. The summed E-state index contributed by atoms with van der Waals surface area (Å²) in [5.41, 5.74) is 4.65. The summed E-state index contributed by atoms with van der Waals surface area (Å²) in [5.74, 6) is -0.924. The Balaban J connectivity index is 1.70. The van der Waals surface area contributed by atoms with E-state index in [9.17, 15) is 14.4 Å². The third-order valence-corrected chi connectivity index (χ3v) is 6.77. The summed E-state index contributed by atoms with van der Waals surface area (Å²) in [5, 5.41) is 16.0. The molecule has 1 aromatic heterocycles. The molecule has 0 saturated carbocycles. The molecule has 192 valence electrons. The summed E-state index contributed by atoms with van der Waals surface area (Å²) in [7, 11) is 1.55. The fourth-order valence-corrected chi connectivity index (χ4v) is 4.94. The summed E-state index contributed by atoms with van der Waals surface area (Å²) in [4.78, 5) is 41.0. The first-order valence-electron chi connectivity index (χ1n) is 12.3. The van der Waals surface area contributed by atoms with Crippen LogP contribution in [0.1, 0.15) is 42.0 Å². The van der Waals surface area contributed by atoms with Gasteiger partial charge >= 0.3 is 5.97 Å². The predicted octanol–water partition coefficient (Wildman–Crippen LogP) is 5.05. The number of carbonyl (C=O) groups is 2. The van der Waals surface area contributed by atoms with Crippen LogP contribution in [0.3, 0.4) is 0 Å². The number of aryl methyl sites for hydroxylation is 1. The van der Waals surface area contributed by atoms with Crippen molar-refractivity contribution in [3.8, 4) is 16.9 Å². The lowest BCUT2D eigenvalue weighted by Gasteiger charge is -2.23. The van der Waals surface area contributed by atoms with E-state index in [0.29, 0.717) is 22.5 Å². The number of rotatable bonds is 7. The van der Waals surface area contributed by atoms with Crippen LogP contribution in [0, 0.1) is 6.92 Å². The Morgan fingerprint density at radius 1 is 1.00 bits per heavy atom. The quantitative estimate of drug-likeness (QED) is 0.362. The van der Waals surface area contributed by atoms with Gasteiger partial charge in [0, 0.05) is 34.9 Å². The highest BCUT2D eigenvalue weighted by Crippen LogP contribution is 2.40. The molecule has 38 heavy (non-hydrogen) atoms. The van der Waals surface area contributed by atoms with Crippen LogP contribution in [-0.4, -0.2) is 39.8 Å². The molecule has 1 amide bonds. The molecule has 5 rings (SSSR count). The number of aromatic nitrogens is 1. The molecule has 2 N–H and O–H groups in total. The number of carbonyl (C=O) groups excluding carboxylic acids is 1. The minimum absolute atomic E-state index is 0.212. The Labute approximate surface area is 219 Å². The van der Waals surface area contributed by atoms with Crippen LogP contribution >= 0.6 is 0 Å². The first kappa shape index (κ1) is 25.0. The number of pyridine rings is 1. The van der Waals surface area contributed by atoms with Gasteiger partial charge < -0.3 is 14.8 Å². The number of ether oxygens (including phenoxy) is 1. The molecule has 0 saturated heterocycles. The van der Waals surface area contributed by atoms with E-state index in [1.54, 1.807) is 13.2 Å². The number of carboxylic acids is 1. The van der Waals surface area contributed by atoms with Crippen LogP contribution in [-0.2, 0) is 9.59 Å². The van der Waals surface area contributed by atoms with E-state index in [2.05, 4.69) is 10.1 Å². The van der Waals surface area contributed by atoms with Gasteiger partial charge in [-0.2, -0.15) is 5.10 Å². The number of H-pyrrole nitrogens is 1. The highest BCUT2D eigenvalue weighted by atomic mass is 16.5. The maximum Gasteiger partial charge on any atom is 0.303 e. The van der Waals surface area contributed by atoms with Gasteiger partial charge in [0.05, 0.1) is 30.8 Å². The fraction of sp³-hybridized carbons (Fsp3) is 0.200. The largest absolute Gasteiger partial charge is 0.496 e. The number of amides is 1. The predicted molar refractivity (Wildman–Crippen MR) is 145 cm³/mol. The van der Waals surface area contributed by atoms with Crippen molar-refractivity contribution >= 4 is 28.5 Å². The van der Waals surface area contributed by atoms with Crippen molar-refractivity contribution in [1.82, 2.24) is 9.99 Å². The summed E-state index contributed by atoms with van der Waals surface area (Å²) in [6.07, 6.45) is -0.264. The monoisotopic (exact) mass is 509 g/mol. The number of hydrogen-bond acceptors (Lipinski definition) is 5. The molecule has 2 heterocycles. The highest BCUT2D eigenvalue weighted by Gasteiger charge is 2.36. The number of methoxy groups -OCH3 is 1. The van der Waals surface area contributed by atoms with Crippen LogP contribution in [0.15, 0.2) is 82.7 Å². The Hall–Kier alpha value is -4.72. The molecule has 0 bridgehead atoms. The van der Waals surface area contributed by atoms with Crippen LogP contribution in [0.25, 0.3) is 22.0 Å². The average Bonchev–Trinajstić information content (AvgIpc) is 3.36. The summed E-state index contributed by atoms with van der Waals surface area (Å²) >= 11 is 0. The zero-order valence-corrected chi connectivity index (χ0v) is 21.1. The van der Waals surface area contributed by atoms with Crippen molar-refractivity contribution in [3.05, 3.63) is 99.8 Å². The lowest BCUT2D eigenvalue weighted by Crippen LogP contribution is -2.27. The number of aliphatic carboxylic acids is 1. The van der Waals surface area contributed by atoms with Crippen LogP contribution in [0.5, 0.6) is 5.75 Å². The Bertz CT molecular complexity index is 1620. The average molecular weight is 510 g/mol. The third-order valence-electron chi connectivity index (χ3n) is 6.77. The van der Waals surface area contributed by atoms with Gasteiger partial charge in [0.25, 0.3) is 5.56 Å². The lowest BCUT2D eigenvalue weighted by atomic mass is 9.90. The Morgan fingerprint density at radius 2 is 1.71 bits per heavy atom. The van der Waals surface area contributed by atoms with Gasteiger partial charge in [0.2, 0.25) is 5.91 Å². The van der Waals surface area contributed by atoms with E-state index in [1.807, 2.05) is 73.7 Å². The van der Waals surface area contributed by atoms with Gasteiger partial charge in [-0.3, -0.25) is 14.4 Å². The molecule has 0 aliphatic carbocycles. The van der Waals surface area contributed by atoms with E-state index >= 15 is 0 Å². The van der Waals surface area contributed by atoms with Crippen LogP contribution in [0.4, 0.5) is 0 Å². The second-order valence-corrected chi connectivity index (χ2v) is 9.26. The zero-order valence-electron chi connectivity index (χ0n) is 21.1. The molecule has 1 atom stereocenters. The van der Waals surface area contributed by atoms with Crippen molar-refractivity contribution in [3.63, 3.8) is 0 Å². The molecular formula is C30H27N3O5. The molecule has 1 aliphatic rings. The van der Waals surface area contributed by atoms with E-state index in [1.165, 1.54) is 5.01 Å². The van der Waals surface area contributed by atoms with Gasteiger partial charge in [-0.15, -0.1) is 0 Å². The van der Waals surface area contributed by atoms with Crippen molar-refractivity contribution in [2.75, 3.05) is 7.11 Å². The maximum absolute atomic E-state index is 13.6. The number of hydrogen-bond donors (Lipinski definition) is 2. The molecule has 1 aliphatic heterocycles. The van der Waals surface area contributed by atoms with Gasteiger partial charge in [0.15, 0.2) is 0 Å². The summed E-state index contributed by atoms with van der Waals surface area (Å²) in [6.45, 7) is 2.00. The van der Waals surface area contributed by atoms with Crippen LogP contribution in [0.2, 0.25) is 0 Å². The van der Waals surface area contributed by atoms with Crippen molar-refractivity contribution in [1.29, 1.82) is 0 Å². The fourth-order valence-electron chi connectivity index (χ4n) is 4.94. The zero-order chi connectivity index (χ0) is 26.8. The summed E-state index contributed by atoms with van der Waals surface area (Å²) in [6, 6.07) is 22.3. The third kappa shape index (κ3) is 4.68. The highest BCUT2D eigenvalue weighted by molar-refractivity contribution is 6.13. The lowest BCUT2D eigenvalue weighted by molar-refractivity contribution is -0.141. The van der Waals surface area contributed by atoms with Crippen molar-refractivity contribution in [2.24, 2.45) is 5.10 Å². The van der Waals surface area contributed by atoms with Gasteiger partial charge in [0.1, 0.15) is 5.75 Å². The van der Waals surface area contributed by atoms with E-state index in [4.69, 9.17) is 9.84 Å². The van der Waals surface area contributed by atoms with Gasteiger partial charge in [-0.1, -0.05) is 66.2 Å². The number of para-hydroxylation sites is 2. The molecule has 3 aromatic carbocycles. The number of hydrazone groups is 1. The second-order valence-electron chi connectivity index (χ2n) is 9.26. The molecule has 0 radical (unpaired) electrons. The van der Waals surface area contributed by atoms with Gasteiger partial charge in [-0.05, 0) is 24.6 Å². The number of nitrogens with one attached hydrogen (secondary N) is 1. The minimum atomic E-state index is -1.07. The number of benzene rings is 3. The minimum Gasteiger partial charge on any atom is -0.496 e. The number of aromatic amines is 1. The molecule has 0 unspecified atom stereocenters. The number of nitrogens with zero attached hydrogens (tertiary/aromatic N) is 2. The van der Waals surface area contributed by atoms with Crippen molar-refractivity contribution in [2.45, 2.75) is 32.2 Å². The maximum atomic E-state index is 13.6. The standard InChI is InChI=1S/C30H27N3O5/c1-18-11-13-19(14-12-18)28-20-7-3-5-9-22(20)31-30(37)29(28)23-17-24(21-8-4-6-10-25(21)38-2)33(32-23)26(34)15-16-27(35)36/h3-14,24H,15-17H2,1-2H3,(H,31,37)(H,35,36)/t24-/m0/s1. The van der Waals surface area contributed by atoms with E-state index in [-0.39, 0.29) is 24.8 Å². The molecular weight excluding hydrogens is 482 g/mol. The van der Waals surface area contributed by atoms with E-state index in [0.717, 1.165) is 27.6 Å². The van der Waals surface area contributed by atoms with Crippen LogP contribution < -0.4 is 10.3 Å². The SMILES string of the molecule is COc1ccccc1[C@@H]1CC(c2c(-c3ccc(C)cc3)c3ccccc3[nH]c2=O)=NN1C(=O)CCC(=O)O. The molecule has 0 fully saturated rings. The number of fused-ring (bicyclic) bond motifs is 1. The first-order chi connectivity index (χ1) is 18.4. The molecule has 0 spiro atoms. The molecule has 4 aromatic rings. The van der Waals surface area contributed by atoms with E-state index < -0.39 is 17.9 Å². The summed E-state index contributed by atoms with van der Waals surface area (Å²) < 4.78 is 5.56. The normalized spacial score (nSPS) is 14.9. The number of carboxylic acid groups (broad SMARTS) is 1. The van der Waals surface area contributed by atoms with Crippen molar-refractivity contribution < 1.29 is 19.4 Å². The Kier molecular flexibility index (Phi) is 6.79.